The molecule has 2 aromatic carbocycles. The minimum absolute atomic E-state index is 0.0297. The number of rotatable bonds is 7. The van der Waals surface area contributed by atoms with Gasteiger partial charge in [0.25, 0.3) is 5.91 Å². The van der Waals surface area contributed by atoms with Crippen LogP contribution >= 0.6 is 0 Å². The van der Waals surface area contributed by atoms with Gasteiger partial charge in [-0.05, 0) is 36.3 Å². The van der Waals surface area contributed by atoms with Crippen LogP contribution in [0.5, 0.6) is 0 Å². The van der Waals surface area contributed by atoms with Gasteiger partial charge in [-0.15, -0.1) is 0 Å². The summed E-state index contributed by atoms with van der Waals surface area (Å²) in [6.45, 7) is 7.36. The average molecular weight is 352 g/mol. The van der Waals surface area contributed by atoms with E-state index in [1.807, 2.05) is 41.3 Å². The maximum absolute atomic E-state index is 13.0. The van der Waals surface area contributed by atoms with E-state index in [9.17, 15) is 14.7 Å². The van der Waals surface area contributed by atoms with Crippen LogP contribution in [-0.4, -0.2) is 53.0 Å². The molecular weight excluding hydrogens is 328 g/mol. The van der Waals surface area contributed by atoms with E-state index >= 15 is 0 Å². The Bertz CT molecular complexity index is 814. The summed E-state index contributed by atoms with van der Waals surface area (Å²) in [6.07, 6.45) is 0. The number of nitrogens with zero attached hydrogens (tertiary/aromatic N) is 2. The molecule has 3 rings (SSSR count). The van der Waals surface area contributed by atoms with E-state index in [0.29, 0.717) is 17.7 Å². The molecule has 1 aliphatic heterocycles. The molecule has 5 nitrogen and oxygen atoms in total. The Hall–Kier alpha value is -2.66. The van der Waals surface area contributed by atoms with Crippen LogP contribution < -0.4 is 0 Å². The third-order valence-corrected chi connectivity index (χ3v) is 5.10. The number of hydrogen-bond acceptors (Lipinski definition) is 3. The van der Waals surface area contributed by atoms with Gasteiger partial charge >= 0.3 is 5.97 Å². The Morgan fingerprint density at radius 1 is 1.04 bits per heavy atom. The Balaban J connectivity index is 2.04. The predicted molar refractivity (Wildman–Crippen MR) is 101 cm³/mol. The molecule has 1 heterocycles. The summed E-state index contributed by atoms with van der Waals surface area (Å²) in [7, 11) is 0. The largest absolute Gasteiger partial charge is 0.478 e. The van der Waals surface area contributed by atoms with Crippen molar-refractivity contribution in [3.63, 3.8) is 0 Å². The molecule has 136 valence electrons. The third kappa shape index (κ3) is 3.22. The Morgan fingerprint density at radius 2 is 1.65 bits per heavy atom. The molecule has 1 amide bonds. The van der Waals surface area contributed by atoms with E-state index < -0.39 is 5.97 Å². The first-order chi connectivity index (χ1) is 12.6. The van der Waals surface area contributed by atoms with E-state index in [2.05, 4.69) is 18.7 Å². The number of likely N-dealkylation sites (N-methyl/N-ethyl adjacent to an activating group) is 1. The lowest BCUT2D eigenvalue weighted by molar-refractivity contribution is 0.0677. The first kappa shape index (κ1) is 18.1. The van der Waals surface area contributed by atoms with Crippen molar-refractivity contribution in [3.05, 3.63) is 70.8 Å². The number of carboxylic acid groups (broad SMARTS) is 1. The van der Waals surface area contributed by atoms with Crippen LogP contribution in [0.3, 0.4) is 0 Å². The second-order valence-electron chi connectivity index (χ2n) is 6.41. The molecule has 0 saturated carbocycles. The molecule has 1 atom stereocenters. The molecular formula is C21H24N2O3. The second-order valence-corrected chi connectivity index (χ2v) is 6.41. The van der Waals surface area contributed by atoms with Crippen molar-refractivity contribution in [1.29, 1.82) is 0 Å². The maximum atomic E-state index is 13.0. The standard InChI is InChI=1S/C21H24N2O3/c1-3-22(4-2)13-14-23-19(15-9-5-7-11-17(15)20(23)24)16-10-6-8-12-18(16)21(25)26/h5-12,19H,3-4,13-14H2,1-2H3,(H,25,26). The van der Waals surface area contributed by atoms with Crippen LogP contribution in [0.2, 0.25) is 0 Å². The highest BCUT2D eigenvalue weighted by Crippen LogP contribution is 2.39. The minimum atomic E-state index is -0.971. The van der Waals surface area contributed by atoms with E-state index in [1.165, 1.54) is 0 Å². The SMILES string of the molecule is CCN(CC)CCN1C(=O)c2ccccc2C1c1ccccc1C(=O)O. The summed E-state index contributed by atoms with van der Waals surface area (Å²) in [5.74, 6) is -1.00. The molecule has 5 heteroatoms. The summed E-state index contributed by atoms with van der Waals surface area (Å²) >= 11 is 0. The number of amides is 1. The normalized spacial score (nSPS) is 16.2. The highest BCUT2D eigenvalue weighted by molar-refractivity contribution is 6.00. The van der Waals surface area contributed by atoms with Crippen molar-refractivity contribution in [3.8, 4) is 0 Å². The highest BCUT2D eigenvalue weighted by atomic mass is 16.4. The van der Waals surface area contributed by atoms with Crippen LogP contribution in [0, 0.1) is 0 Å². The van der Waals surface area contributed by atoms with Crippen molar-refractivity contribution in [2.75, 3.05) is 26.2 Å². The van der Waals surface area contributed by atoms with Crippen LogP contribution in [0.1, 0.15) is 51.7 Å². The molecule has 1 N–H and O–H groups in total. The summed E-state index contributed by atoms with van der Waals surface area (Å²) in [6, 6.07) is 14.1. The molecule has 26 heavy (non-hydrogen) atoms. The second kappa shape index (κ2) is 7.70. The van der Waals surface area contributed by atoms with Gasteiger partial charge in [0, 0.05) is 18.7 Å². The molecule has 1 unspecified atom stereocenters. The summed E-state index contributed by atoms with van der Waals surface area (Å²) in [5, 5.41) is 9.61. The fourth-order valence-electron chi connectivity index (χ4n) is 3.66. The molecule has 0 fully saturated rings. The van der Waals surface area contributed by atoms with Gasteiger partial charge in [0.05, 0.1) is 11.6 Å². The maximum Gasteiger partial charge on any atom is 0.336 e. The van der Waals surface area contributed by atoms with Gasteiger partial charge in [-0.2, -0.15) is 0 Å². The quantitative estimate of drug-likeness (QED) is 0.831. The third-order valence-electron chi connectivity index (χ3n) is 5.10. The van der Waals surface area contributed by atoms with Crippen molar-refractivity contribution >= 4 is 11.9 Å². The van der Waals surface area contributed by atoms with Gasteiger partial charge < -0.3 is 14.9 Å². The van der Waals surface area contributed by atoms with E-state index in [4.69, 9.17) is 0 Å². The van der Waals surface area contributed by atoms with Crippen LogP contribution in [-0.2, 0) is 0 Å². The summed E-state index contributed by atoms with van der Waals surface area (Å²) < 4.78 is 0. The average Bonchev–Trinajstić information content (AvgIpc) is 2.95. The predicted octanol–water partition coefficient (Wildman–Crippen LogP) is 3.27. The molecule has 0 radical (unpaired) electrons. The Morgan fingerprint density at radius 3 is 2.31 bits per heavy atom. The Labute approximate surface area is 153 Å². The van der Waals surface area contributed by atoms with Gasteiger partial charge in [-0.1, -0.05) is 50.2 Å². The van der Waals surface area contributed by atoms with E-state index in [1.54, 1.807) is 12.1 Å². The number of hydrogen-bond donors (Lipinski definition) is 1. The van der Waals surface area contributed by atoms with Gasteiger partial charge in [-0.3, -0.25) is 4.79 Å². The van der Waals surface area contributed by atoms with Crippen molar-refractivity contribution in [2.45, 2.75) is 19.9 Å². The number of aromatic carboxylic acids is 1. The highest BCUT2D eigenvalue weighted by Gasteiger charge is 2.38. The van der Waals surface area contributed by atoms with E-state index in [0.717, 1.165) is 25.2 Å². The zero-order valence-electron chi connectivity index (χ0n) is 15.2. The lowest BCUT2D eigenvalue weighted by Gasteiger charge is -2.29. The first-order valence-corrected chi connectivity index (χ1v) is 9.02. The monoisotopic (exact) mass is 352 g/mol. The lowest BCUT2D eigenvalue weighted by Crippen LogP contribution is -2.37. The van der Waals surface area contributed by atoms with Crippen LogP contribution in [0.25, 0.3) is 0 Å². The van der Waals surface area contributed by atoms with Gasteiger partial charge in [-0.25, -0.2) is 4.79 Å². The molecule has 0 saturated heterocycles. The van der Waals surface area contributed by atoms with Crippen LogP contribution in [0.4, 0.5) is 0 Å². The number of carbonyl (C=O) groups excluding carboxylic acids is 1. The first-order valence-electron chi connectivity index (χ1n) is 9.02. The molecule has 2 aromatic rings. The summed E-state index contributed by atoms with van der Waals surface area (Å²) in [4.78, 5) is 28.8. The van der Waals surface area contributed by atoms with Gasteiger partial charge in [0.2, 0.25) is 0 Å². The molecule has 0 spiro atoms. The number of benzene rings is 2. The number of fused-ring (bicyclic) bond motifs is 1. The number of carboxylic acids is 1. The zero-order chi connectivity index (χ0) is 18.7. The number of carbonyl (C=O) groups is 2. The Kier molecular flexibility index (Phi) is 5.38. The zero-order valence-corrected chi connectivity index (χ0v) is 15.2. The minimum Gasteiger partial charge on any atom is -0.478 e. The van der Waals surface area contributed by atoms with Crippen molar-refractivity contribution in [2.24, 2.45) is 0 Å². The van der Waals surface area contributed by atoms with Crippen molar-refractivity contribution in [1.82, 2.24) is 9.80 Å². The molecule has 0 aromatic heterocycles. The fourth-order valence-corrected chi connectivity index (χ4v) is 3.66. The van der Waals surface area contributed by atoms with Crippen LogP contribution in [0.15, 0.2) is 48.5 Å². The fraction of sp³-hybridized carbons (Fsp3) is 0.333. The topological polar surface area (TPSA) is 60.9 Å². The summed E-state index contributed by atoms with van der Waals surface area (Å²) in [5.41, 5.74) is 2.45. The molecule has 1 aliphatic rings. The van der Waals surface area contributed by atoms with Gasteiger partial charge in [0.1, 0.15) is 0 Å². The molecule has 0 aliphatic carbocycles. The smallest absolute Gasteiger partial charge is 0.336 e. The van der Waals surface area contributed by atoms with Crippen molar-refractivity contribution < 1.29 is 14.7 Å². The molecule has 0 bridgehead atoms. The van der Waals surface area contributed by atoms with Gasteiger partial charge in [0.15, 0.2) is 0 Å². The lowest BCUT2D eigenvalue weighted by atomic mass is 9.94. The van der Waals surface area contributed by atoms with E-state index in [-0.39, 0.29) is 17.5 Å².